The fraction of sp³-hybridized carbons (Fsp3) is 0.306. The number of rotatable bonds is 12. The molecule has 1 saturated heterocycles. The summed E-state index contributed by atoms with van der Waals surface area (Å²) in [6, 6.07) is 29.4. The molecule has 9 nitrogen and oxygen atoms in total. The van der Waals surface area contributed by atoms with Crippen molar-refractivity contribution in [3.8, 4) is 11.1 Å². The summed E-state index contributed by atoms with van der Waals surface area (Å²) in [7, 11) is 0. The van der Waals surface area contributed by atoms with E-state index in [0.717, 1.165) is 44.2 Å². The molecule has 1 aromatic heterocycles. The average molecular weight is 642 g/mol. The Labute approximate surface area is 273 Å². The molecule has 10 heteroatoms. The highest BCUT2D eigenvalue weighted by Crippen LogP contribution is 2.43. The van der Waals surface area contributed by atoms with Gasteiger partial charge in [0.25, 0.3) is 0 Å². The molecule has 4 aromatic rings. The van der Waals surface area contributed by atoms with Crippen LogP contribution in [-0.4, -0.2) is 47.1 Å². The number of ether oxygens (including phenoxy) is 3. The highest BCUT2D eigenvalue weighted by Gasteiger charge is 2.38. The summed E-state index contributed by atoms with van der Waals surface area (Å²) in [6.45, 7) is 4.26. The molecule has 3 aromatic carbocycles. The van der Waals surface area contributed by atoms with E-state index in [9.17, 15) is 14.7 Å². The van der Waals surface area contributed by atoms with Gasteiger partial charge in [0.15, 0.2) is 6.29 Å². The molecular weight excluding hydrogens is 602 g/mol. The zero-order valence-corrected chi connectivity index (χ0v) is 26.7. The monoisotopic (exact) mass is 641 g/mol. The third-order valence-electron chi connectivity index (χ3n) is 7.75. The SMILES string of the molecule is CCOC(=O)CNC(=O)NCc1cccc(-c2ccc(C3OC(CSc4ccccn4)C(C)C(c4ccc(CO)cc4)O3)cc2)c1. The molecule has 5 rings (SSSR count). The molecule has 2 heterocycles. The number of aliphatic hydroxyl groups is 1. The standard InChI is InChI=1S/C36H39N3O6S/c1-3-43-33(41)21-39-36(42)38-20-26-7-6-8-30(19-26)27-14-16-29(17-15-27)35-44-31(23-46-32-9-4-5-18-37-32)24(2)34(45-35)28-12-10-25(22-40)11-13-28/h4-19,24,31,34-35,40H,3,20-23H2,1-2H3,(H2,38,39,42). The first kappa shape index (κ1) is 33.2. The van der Waals surface area contributed by atoms with E-state index in [1.165, 1.54) is 0 Å². The zero-order valence-electron chi connectivity index (χ0n) is 25.9. The number of carbonyl (C=O) groups is 2. The molecule has 0 aliphatic carbocycles. The van der Waals surface area contributed by atoms with Gasteiger partial charge in [0.05, 0.1) is 30.4 Å². The van der Waals surface area contributed by atoms with Crippen LogP contribution in [0.25, 0.3) is 11.1 Å². The van der Waals surface area contributed by atoms with Crippen LogP contribution in [-0.2, 0) is 32.2 Å². The summed E-state index contributed by atoms with van der Waals surface area (Å²) in [4.78, 5) is 28.0. The van der Waals surface area contributed by atoms with E-state index in [2.05, 4.69) is 22.5 Å². The second-order valence-corrected chi connectivity index (χ2v) is 12.0. The molecule has 46 heavy (non-hydrogen) atoms. The third kappa shape index (κ3) is 8.95. The van der Waals surface area contributed by atoms with Gasteiger partial charge in [0, 0.05) is 30.0 Å². The second-order valence-electron chi connectivity index (χ2n) is 11.0. The Morgan fingerprint density at radius 2 is 1.67 bits per heavy atom. The summed E-state index contributed by atoms with van der Waals surface area (Å²) >= 11 is 1.67. The number of benzene rings is 3. The van der Waals surface area contributed by atoms with E-state index in [0.29, 0.717) is 6.54 Å². The van der Waals surface area contributed by atoms with Gasteiger partial charge in [-0.25, -0.2) is 9.78 Å². The van der Waals surface area contributed by atoms with Crippen molar-refractivity contribution in [2.45, 2.75) is 50.5 Å². The largest absolute Gasteiger partial charge is 0.465 e. The van der Waals surface area contributed by atoms with Crippen molar-refractivity contribution in [1.29, 1.82) is 0 Å². The number of aromatic nitrogens is 1. The molecule has 240 valence electrons. The third-order valence-corrected chi connectivity index (χ3v) is 8.78. The fourth-order valence-corrected chi connectivity index (χ4v) is 6.24. The van der Waals surface area contributed by atoms with Crippen LogP contribution in [0.2, 0.25) is 0 Å². The first-order valence-corrected chi connectivity index (χ1v) is 16.3. The maximum absolute atomic E-state index is 12.1. The molecule has 0 bridgehead atoms. The molecule has 1 fully saturated rings. The number of hydrogen-bond donors (Lipinski definition) is 3. The first-order chi connectivity index (χ1) is 22.4. The van der Waals surface area contributed by atoms with E-state index in [1.54, 1.807) is 24.9 Å². The smallest absolute Gasteiger partial charge is 0.325 e. The van der Waals surface area contributed by atoms with Gasteiger partial charge >= 0.3 is 12.0 Å². The minimum Gasteiger partial charge on any atom is -0.465 e. The van der Waals surface area contributed by atoms with Gasteiger partial charge in [-0.1, -0.05) is 79.7 Å². The van der Waals surface area contributed by atoms with Crippen LogP contribution < -0.4 is 10.6 Å². The maximum atomic E-state index is 12.1. The van der Waals surface area contributed by atoms with Crippen LogP contribution in [0.5, 0.6) is 0 Å². The van der Waals surface area contributed by atoms with E-state index >= 15 is 0 Å². The number of urea groups is 1. The Morgan fingerprint density at radius 1 is 0.891 bits per heavy atom. The van der Waals surface area contributed by atoms with Crippen molar-refractivity contribution in [3.63, 3.8) is 0 Å². The maximum Gasteiger partial charge on any atom is 0.325 e. The fourth-order valence-electron chi connectivity index (χ4n) is 5.21. The lowest BCUT2D eigenvalue weighted by Gasteiger charge is -2.41. The number of carbonyl (C=O) groups excluding carboxylic acids is 2. The quantitative estimate of drug-likeness (QED) is 0.124. The van der Waals surface area contributed by atoms with Crippen molar-refractivity contribution in [1.82, 2.24) is 15.6 Å². The van der Waals surface area contributed by atoms with Crippen molar-refractivity contribution >= 4 is 23.8 Å². The van der Waals surface area contributed by atoms with Gasteiger partial charge in [-0.15, -0.1) is 11.8 Å². The van der Waals surface area contributed by atoms with Gasteiger partial charge in [0.2, 0.25) is 0 Å². The van der Waals surface area contributed by atoms with Gasteiger partial charge in [-0.05, 0) is 52.9 Å². The molecule has 2 amide bonds. The van der Waals surface area contributed by atoms with E-state index < -0.39 is 18.3 Å². The predicted molar refractivity (Wildman–Crippen MR) is 177 cm³/mol. The average Bonchev–Trinajstić information content (AvgIpc) is 3.10. The number of nitrogens with zero attached hydrogens (tertiary/aromatic N) is 1. The van der Waals surface area contributed by atoms with Crippen molar-refractivity contribution < 1.29 is 28.9 Å². The molecule has 4 unspecified atom stereocenters. The number of aliphatic hydroxyl groups excluding tert-OH is 1. The lowest BCUT2D eigenvalue weighted by Crippen LogP contribution is -2.38. The number of esters is 1. The van der Waals surface area contributed by atoms with Crippen LogP contribution in [0, 0.1) is 5.92 Å². The summed E-state index contributed by atoms with van der Waals surface area (Å²) in [5.74, 6) is 0.325. The Balaban J connectivity index is 1.27. The van der Waals surface area contributed by atoms with E-state index in [-0.39, 0.29) is 37.9 Å². The Kier molecular flexibility index (Phi) is 11.8. The number of thioether (sulfide) groups is 1. The normalized spacial score (nSPS) is 19.3. The Hall–Kier alpha value is -4.22. The number of amides is 2. The lowest BCUT2D eigenvalue weighted by molar-refractivity contribution is -0.268. The number of nitrogens with one attached hydrogen (secondary N) is 2. The van der Waals surface area contributed by atoms with E-state index in [4.69, 9.17) is 14.2 Å². The zero-order chi connectivity index (χ0) is 32.3. The summed E-state index contributed by atoms with van der Waals surface area (Å²) in [5.41, 5.74) is 5.75. The second kappa shape index (κ2) is 16.4. The molecule has 3 N–H and O–H groups in total. The van der Waals surface area contributed by atoms with Crippen molar-refractivity contribution in [3.05, 3.63) is 119 Å². The van der Waals surface area contributed by atoms with Gasteiger partial charge in [-0.3, -0.25) is 4.79 Å². The highest BCUT2D eigenvalue weighted by molar-refractivity contribution is 7.99. The molecule has 0 spiro atoms. The van der Waals surface area contributed by atoms with Crippen LogP contribution in [0.1, 0.15) is 48.5 Å². The summed E-state index contributed by atoms with van der Waals surface area (Å²) in [5, 5.41) is 15.7. The van der Waals surface area contributed by atoms with Crippen molar-refractivity contribution in [2.24, 2.45) is 5.92 Å². The van der Waals surface area contributed by atoms with Crippen LogP contribution >= 0.6 is 11.8 Å². The van der Waals surface area contributed by atoms with Crippen LogP contribution in [0.4, 0.5) is 4.79 Å². The first-order valence-electron chi connectivity index (χ1n) is 15.3. The Morgan fingerprint density at radius 3 is 2.39 bits per heavy atom. The lowest BCUT2D eigenvalue weighted by atomic mass is 9.91. The molecule has 1 aliphatic rings. The van der Waals surface area contributed by atoms with Crippen molar-refractivity contribution in [2.75, 3.05) is 18.9 Å². The van der Waals surface area contributed by atoms with Gasteiger partial charge in [0.1, 0.15) is 6.54 Å². The van der Waals surface area contributed by atoms with Gasteiger partial charge in [-0.2, -0.15) is 0 Å². The Bertz CT molecular complexity index is 1570. The summed E-state index contributed by atoms with van der Waals surface area (Å²) in [6.07, 6.45) is 0.945. The number of pyridine rings is 1. The van der Waals surface area contributed by atoms with Crippen LogP contribution in [0.3, 0.4) is 0 Å². The minimum absolute atomic E-state index is 0.00530. The molecule has 4 atom stereocenters. The molecule has 1 aliphatic heterocycles. The minimum atomic E-state index is -0.564. The topological polar surface area (TPSA) is 119 Å². The predicted octanol–water partition coefficient (Wildman–Crippen LogP) is 6.19. The van der Waals surface area contributed by atoms with Crippen LogP contribution in [0.15, 0.2) is 102 Å². The highest BCUT2D eigenvalue weighted by atomic mass is 32.2. The number of hydrogen-bond acceptors (Lipinski definition) is 8. The van der Waals surface area contributed by atoms with Gasteiger partial charge < -0.3 is 30.0 Å². The summed E-state index contributed by atoms with van der Waals surface area (Å²) < 4.78 is 18.0. The molecule has 0 saturated carbocycles. The molecular formula is C36H39N3O6S. The van der Waals surface area contributed by atoms with E-state index in [1.807, 2.05) is 91.0 Å². The molecule has 0 radical (unpaired) electrons.